The van der Waals surface area contributed by atoms with Gasteiger partial charge in [-0.1, -0.05) is 112 Å². The van der Waals surface area contributed by atoms with Crippen molar-refractivity contribution in [2.24, 2.45) is 0 Å². The van der Waals surface area contributed by atoms with E-state index in [1.165, 1.54) is 59.7 Å². The summed E-state index contributed by atoms with van der Waals surface area (Å²) in [6.07, 6.45) is 11.1. The molecule has 0 unspecified atom stereocenters. The van der Waals surface area contributed by atoms with Crippen LogP contribution in [0.4, 0.5) is 0 Å². The van der Waals surface area contributed by atoms with Gasteiger partial charge in [-0.2, -0.15) is 0 Å². The molecule has 0 amide bonds. The molecule has 0 aliphatic rings. The van der Waals surface area contributed by atoms with Crippen LogP contribution in [-0.2, 0) is 6.42 Å². The van der Waals surface area contributed by atoms with E-state index in [4.69, 9.17) is 12.2 Å². The highest BCUT2D eigenvalue weighted by Crippen LogP contribution is 2.21. The highest BCUT2D eigenvalue weighted by atomic mass is 32.1. The molecule has 0 atom stereocenters. The molecule has 0 spiro atoms. The topological polar surface area (TPSA) is 3.24 Å². The van der Waals surface area contributed by atoms with E-state index in [0.29, 0.717) is 0 Å². The molecular formula is C31H40BNS. The van der Waals surface area contributed by atoms with E-state index in [2.05, 4.69) is 87.1 Å². The molecule has 0 aromatic heterocycles. The fourth-order valence-corrected chi connectivity index (χ4v) is 4.07. The fraction of sp³-hybridized carbons (Fsp3) is 0.323. The summed E-state index contributed by atoms with van der Waals surface area (Å²) in [5.41, 5.74) is 9.67. The molecule has 2 rings (SSSR count). The van der Waals surface area contributed by atoms with Crippen LogP contribution in [0.15, 0.2) is 79.5 Å². The van der Waals surface area contributed by atoms with E-state index in [9.17, 15) is 0 Å². The smallest absolute Gasteiger partial charge is 0.157 e. The van der Waals surface area contributed by atoms with Crippen molar-refractivity contribution in [2.75, 3.05) is 13.6 Å². The summed E-state index contributed by atoms with van der Waals surface area (Å²) in [5.74, 6) is 0. The van der Waals surface area contributed by atoms with Crippen molar-refractivity contribution in [1.29, 1.82) is 0 Å². The van der Waals surface area contributed by atoms with Gasteiger partial charge in [0.1, 0.15) is 0 Å². The third-order valence-electron chi connectivity index (χ3n) is 6.38. The lowest BCUT2D eigenvalue weighted by Crippen LogP contribution is -2.17. The Morgan fingerprint density at radius 2 is 1.74 bits per heavy atom. The van der Waals surface area contributed by atoms with Crippen molar-refractivity contribution in [1.82, 2.24) is 4.90 Å². The van der Waals surface area contributed by atoms with E-state index in [1.807, 2.05) is 13.0 Å². The molecule has 0 bridgehead atoms. The van der Waals surface area contributed by atoms with Gasteiger partial charge in [0.25, 0.3) is 0 Å². The monoisotopic (exact) mass is 469 g/mol. The molecule has 0 radical (unpaired) electrons. The van der Waals surface area contributed by atoms with Crippen molar-refractivity contribution < 1.29 is 0 Å². The first-order chi connectivity index (χ1) is 16.3. The van der Waals surface area contributed by atoms with Gasteiger partial charge in [0, 0.05) is 24.7 Å². The number of allylic oxidation sites excluding steroid dienone is 3. The first-order valence-electron chi connectivity index (χ1n) is 12.4. The molecule has 2 aromatic carbocycles. The van der Waals surface area contributed by atoms with E-state index in [1.54, 1.807) is 5.37 Å². The molecule has 178 valence electrons. The van der Waals surface area contributed by atoms with E-state index >= 15 is 0 Å². The Morgan fingerprint density at radius 3 is 2.41 bits per heavy atom. The maximum atomic E-state index is 5.05. The lowest BCUT2D eigenvalue weighted by molar-refractivity contribution is 0.411. The normalized spacial score (nSPS) is 11.1. The fourth-order valence-electron chi connectivity index (χ4n) is 4.00. The summed E-state index contributed by atoms with van der Waals surface area (Å²) < 4.78 is 0. The summed E-state index contributed by atoms with van der Waals surface area (Å²) in [6.45, 7) is 17.4. The number of thiocarbonyl (C=S) groups is 1. The second-order valence-electron chi connectivity index (χ2n) is 9.31. The van der Waals surface area contributed by atoms with Crippen molar-refractivity contribution in [3.05, 3.63) is 102 Å². The summed E-state index contributed by atoms with van der Waals surface area (Å²) in [6, 6.07) is 15.6. The van der Waals surface area contributed by atoms with Gasteiger partial charge in [0.15, 0.2) is 7.28 Å². The van der Waals surface area contributed by atoms with Crippen molar-refractivity contribution in [3.8, 4) is 0 Å². The van der Waals surface area contributed by atoms with Gasteiger partial charge in [-0.25, -0.2) is 0 Å². The quantitative estimate of drug-likeness (QED) is 0.0884. The lowest BCUT2D eigenvalue weighted by atomic mass is 9.66. The van der Waals surface area contributed by atoms with Crippen molar-refractivity contribution in [3.63, 3.8) is 0 Å². The number of unbranched alkanes of at least 4 members (excludes halogenated alkanes) is 3. The zero-order valence-corrected chi connectivity index (χ0v) is 22.2. The Hall–Kier alpha value is -2.65. The SMILES string of the molecule is C=CC(=C)N(C)CCCCCCBc1ccc(C(=C)Cc2ccc(C)c(/C=C(\C)C=S)c2)cc1. The number of aryl methyl sites for hydroxylation is 1. The van der Waals surface area contributed by atoms with Crippen LogP contribution in [0, 0.1) is 6.92 Å². The third kappa shape index (κ3) is 9.31. The van der Waals surface area contributed by atoms with E-state index in [-0.39, 0.29) is 0 Å². The van der Waals surface area contributed by atoms with Gasteiger partial charge in [0.2, 0.25) is 0 Å². The van der Waals surface area contributed by atoms with Gasteiger partial charge in [0.05, 0.1) is 0 Å². The summed E-state index contributed by atoms with van der Waals surface area (Å²) in [5, 5.41) is 1.73. The van der Waals surface area contributed by atoms with Gasteiger partial charge < -0.3 is 4.90 Å². The molecule has 1 nitrogen and oxygen atoms in total. The van der Waals surface area contributed by atoms with Crippen molar-refractivity contribution in [2.45, 2.75) is 52.3 Å². The molecule has 0 saturated heterocycles. The largest absolute Gasteiger partial charge is 0.375 e. The maximum absolute atomic E-state index is 5.05. The predicted molar refractivity (Wildman–Crippen MR) is 160 cm³/mol. The average Bonchev–Trinajstić information content (AvgIpc) is 2.84. The third-order valence-corrected chi connectivity index (χ3v) is 6.75. The number of nitrogens with zero attached hydrogens (tertiary/aromatic N) is 1. The standard InChI is InChI=1S/C31H40BNS/c1-7-27(5)33(6)19-11-9-8-10-18-32-31-16-14-29(15-17-31)26(4)21-28-13-12-25(3)30(22-28)20-24(2)23-34/h7,12-17,20,22-23,32H,1,4-5,8-11,18-19,21H2,2-3,6H3/b24-20+. The molecule has 0 aliphatic heterocycles. The Kier molecular flexibility index (Phi) is 11.8. The van der Waals surface area contributed by atoms with Crippen LogP contribution in [0.1, 0.15) is 54.9 Å². The molecule has 0 heterocycles. The molecule has 34 heavy (non-hydrogen) atoms. The molecule has 3 heteroatoms. The van der Waals surface area contributed by atoms with Crippen LogP contribution < -0.4 is 5.46 Å². The molecule has 2 aromatic rings. The summed E-state index contributed by atoms with van der Waals surface area (Å²) >= 11 is 5.05. The second kappa shape index (κ2) is 14.6. The zero-order chi connectivity index (χ0) is 24.9. The Balaban J connectivity index is 1.77. The van der Waals surface area contributed by atoms with Crippen molar-refractivity contribution >= 4 is 42.0 Å². The first kappa shape index (κ1) is 27.6. The average molecular weight is 470 g/mol. The number of benzene rings is 2. The highest BCUT2D eigenvalue weighted by molar-refractivity contribution is 7.79. The molecule has 0 saturated carbocycles. The van der Waals surface area contributed by atoms with E-state index in [0.717, 1.165) is 37.1 Å². The molecular weight excluding hydrogens is 429 g/mol. The molecule has 0 aliphatic carbocycles. The van der Waals surface area contributed by atoms with Gasteiger partial charge in [-0.15, -0.1) is 0 Å². The first-order valence-corrected chi connectivity index (χ1v) is 12.8. The maximum Gasteiger partial charge on any atom is 0.157 e. The highest BCUT2D eigenvalue weighted by Gasteiger charge is 2.05. The minimum atomic E-state index is 0.854. The number of hydrogen-bond acceptors (Lipinski definition) is 2. The number of rotatable bonds is 15. The molecule has 0 fully saturated rings. The van der Waals surface area contributed by atoms with Crippen LogP contribution in [0.2, 0.25) is 6.32 Å². The minimum Gasteiger partial charge on any atom is -0.375 e. The summed E-state index contributed by atoms with van der Waals surface area (Å²) in [7, 11) is 3.23. The lowest BCUT2D eigenvalue weighted by Gasteiger charge is -2.18. The van der Waals surface area contributed by atoms with E-state index < -0.39 is 0 Å². The van der Waals surface area contributed by atoms with Crippen LogP contribution in [-0.4, -0.2) is 31.1 Å². The predicted octanol–water partition coefficient (Wildman–Crippen LogP) is 7.33. The Bertz CT molecular complexity index is 1020. The molecule has 0 N–H and O–H groups in total. The van der Waals surface area contributed by atoms with Crippen LogP contribution in [0.25, 0.3) is 11.6 Å². The minimum absolute atomic E-state index is 0.854. The van der Waals surface area contributed by atoms with Crippen LogP contribution in [0.5, 0.6) is 0 Å². The van der Waals surface area contributed by atoms with Gasteiger partial charge in [-0.3, -0.25) is 0 Å². The number of likely N-dealkylation sites (N-methyl/N-ethyl adjacent to an activating group) is 1. The van der Waals surface area contributed by atoms with Gasteiger partial charge >= 0.3 is 0 Å². The van der Waals surface area contributed by atoms with Crippen LogP contribution in [0.3, 0.4) is 0 Å². The van der Waals surface area contributed by atoms with Crippen LogP contribution >= 0.6 is 12.2 Å². The number of hydrogen-bond donors (Lipinski definition) is 0. The summed E-state index contributed by atoms with van der Waals surface area (Å²) in [4.78, 5) is 2.18. The second-order valence-corrected chi connectivity index (χ2v) is 9.54. The zero-order valence-electron chi connectivity index (χ0n) is 21.4. The Morgan fingerprint density at radius 1 is 1.03 bits per heavy atom. The van der Waals surface area contributed by atoms with Gasteiger partial charge in [-0.05, 0) is 66.2 Å². The Labute approximate surface area is 214 Å².